The molecule has 9 rings (SSSR count). The van der Waals surface area contributed by atoms with Crippen LogP contribution in [-0.4, -0.2) is 49.7 Å². The number of rotatable bonds is 7. The first-order valence-electron chi connectivity index (χ1n) is 22.2. The van der Waals surface area contributed by atoms with Gasteiger partial charge in [-0.25, -0.2) is 0 Å². The normalized spacial score (nSPS) is 40.4. The average molecular weight is 777 g/mol. The van der Waals surface area contributed by atoms with Crippen molar-refractivity contribution in [2.75, 3.05) is 6.61 Å². The first-order valence-corrected chi connectivity index (χ1v) is 24.1. The van der Waals surface area contributed by atoms with Crippen LogP contribution in [0.4, 0.5) is 0 Å². The molecule has 4 aliphatic carbocycles. The Morgan fingerprint density at radius 1 is 0.768 bits per heavy atom. The predicted molar refractivity (Wildman–Crippen MR) is 226 cm³/mol. The third kappa shape index (κ3) is 6.00. The van der Waals surface area contributed by atoms with Crippen LogP contribution in [0.3, 0.4) is 0 Å². The molecule has 302 valence electrons. The van der Waals surface area contributed by atoms with Crippen LogP contribution in [0.1, 0.15) is 112 Å². The van der Waals surface area contributed by atoms with Gasteiger partial charge in [0.25, 0.3) is 8.32 Å². The van der Waals surface area contributed by atoms with Crippen LogP contribution in [0.5, 0.6) is 0 Å². The van der Waals surface area contributed by atoms with Gasteiger partial charge in [0.15, 0.2) is 5.79 Å². The Kier molecular flexibility index (Phi) is 9.90. The first-order chi connectivity index (χ1) is 26.7. The maximum atomic E-state index is 12.7. The van der Waals surface area contributed by atoms with Gasteiger partial charge in [-0.05, 0) is 121 Å². The summed E-state index contributed by atoms with van der Waals surface area (Å²) >= 11 is 0. The van der Waals surface area contributed by atoms with E-state index in [2.05, 4.69) is 139 Å². The lowest BCUT2D eigenvalue weighted by Crippen LogP contribution is -2.69. The van der Waals surface area contributed by atoms with Crippen molar-refractivity contribution in [3.05, 3.63) is 96.6 Å². The molecule has 0 amide bonds. The fourth-order valence-electron chi connectivity index (χ4n) is 14.4. The Morgan fingerprint density at radius 2 is 1.39 bits per heavy atom. The van der Waals surface area contributed by atoms with Crippen molar-refractivity contribution in [3.8, 4) is 0 Å². The highest BCUT2D eigenvalue weighted by Crippen LogP contribution is 2.71. The fourth-order valence-corrected chi connectivity index (χ4v) is 19.1. The second-order valence-corrected chi connectivity index (χ2v) is 25.3. The van der Waals surface area contributed by atoms with E-state index in [1.54, 1.807) is 0 Å². The number of hydrogen-bond acceptors (Lipinski definition) is 5. The number of hydrogen-bond donors (Lipinski definition) is 1. The lowest BCUT2D eigenvalue weighted by molar-refractivity contribution is -0.363. The number of ether oxygens (including phenoxy) is 3. The molecule has 0 bridgehead atoms. The summed E-state index contributed by atoms with van der Waals surface area (Å²) in [5.41, 5.74) is 0.848. The molecule has 56 heavy (non-hydrogen) atoms. The Labute approximate surface area is 338 Å². The van der Waals surface area contributed by atoms with Crippen molar-refractivity contribution in [3.63, 3.8) is 0 Å². The van der Waals surface area contributed by atoms with E-state index in [0.29, 0.717) is 42.8 Å². The average Bonchev–Trinajstić information content (AvgIpc) is 3.72. The van der Waals surface area contributed by atoms with Gasteiger partial charge in [0, 0.05) is 23.9 Å². The largest absolute Gasteiger partial charge is 0.404 e. The molecular weight excluding hydrogens is 709 g/mol. The molecule has 0 aromatic heterocycles. The monoisotopic (exact) mass is 776 g/mol. The van der Waals surface area contributed by atoms with Gasteiger partial charge in [0.05, 0.1) is 24.9 Å². The highest BCUT2D eigenvalue weighted by molar-refractivity contribution is 6.99. The minimum absolute atomic E-state index is 0.0277. The lowest BCUT2D eigenvalue weighted by Gasteiger charge is -2.65. The highest BCUT2D eigenvalue weighted by atomic mass is 28.4. The maximum Gasteiger partial charge on any atom is 0.261 e. The third-order valence-corrected chi connectivity index (χ3v) is 22.0. The van der Waals surface area contributed by atoms with Crippen LogP contribution >= 0.6 is 0 Å². The molecule has 2 heterocycles. The Balaban J connectivity index is 0.948. The first kappa shape index (κ1) is 39.2. The zero-order chi connectivity index (χ0) is 39.1. The predicted octanol–water partition coefficient (Wildman–Crippen LogP) is 9.69. The zero-order valence-corrected chi connectivity index (χ0v) is 36.2. The number of fused-ring (bicyclic) bond motifs is 4. The molecule has 2 saturated heterocycles. The van der Waals surface area contributed by atoms with Crippen LogP contribution < -0.4 is 10.4 Å². The Bertz CT molecular complexity index is 1790. The van der Waals surface area contributed by atoms with E-state index in [0.717, 1.165) is 32.1 Å². The Hall–Kier alpha value is -2.32. The quantitative estimate of drug-likeness (QED) is 0.242. The molecule has 6 heteroatoms. The second kappa shape index (κ2) is 14.2. The van der Waals surface area contributed by atoms with Gasteiger partial charge in [0.2, 0.25) is 0 Å². The van der Waals surface area contributed by atoms with Crippen LogP contribution in [0.25, 0.3) is 0 Å². The van der Waals surface area contributed by atoms with E-state index in [1.165, 1.54) is 41.6 Å². The van der Waals surface area contributed by atoms with E-state index >= 15 is 0 Å². The van der Waals surface area contributed by atoms with Crippen molar-refractivity contribution >= 4 is 18.7 Å². The molecule has 0 unspecified atom stereocenters. The van der Waals surface area contributed by atoms with Gasteiger partial charge in [-0.3, -0.25) is 0 Å². The summed E-state index contributed by atoms with van der Waals surface area (Å²) in [6, 6.07) is 32.8. The van der Waals surface area contributed by atoms with Gasteiger partial charge in [-0.2, -0.15) is 0 Å². The smallest absolute Gasteiger partial charge is 0.261 e. The van der Waals surface area contributed by atoms with Crippen LogP contribution in [-0.2, 0) is 25.2 Å². The fraction of sp³-hybridized carbons (Fsp3) is 0.640. The molecule has 1 N–H and O–H groups in total. The lowest BCUT2D eigenvalue weighted by atomic mass is 9.43. The molecule has 3 aromatic carbocycles. The van der Waals surface area contributed by atoms with Crippen LogP contribution in [0, 0.1) is 46.3 Å². The summed E-state index contributed by atoms with van der Waals surface area (Å²) in [5, 5.41) is 15.4. The van der Waals surface area contributed by atoms with Crippen molar-refractivity contribution in [2.45, 2.75) is 148 Å². The molecule has 2 spiro atoms. The molecule has 5 nitrogen and oxygen atoms in total. The number of aliphatic hydroxyl groups excluding tert-OH is 1. The summed E-state index contributed by atoms with van der Waals surface area (Å²) in [6.07, 6.45) is 9.68. The summed E-state index contributed by atoms with van der Waals surface area (Å²) in [5.74, 6) is 1.98. The standard InChI is InChI=1S/C50H68O5Si/c1-34-41-25-26-42-40-24-23-36-29-37(54-56(46(2,3)4,38-19-13-9-14-20-38)39-21-15-10-16-22-39)27-28-48(36,7)43(40)30-44(51)49(41,42)33-53-50(34)45(31-47(5,6)55-50)52-32-35-17-11-8-12-18-35/h8-22,34,36-37,40-45,51H,23-33H2,1-7H3/t34-,36-,37-,40-,41+,42-,43-,44-,45+,48-,49+,50-/m0/s1. The topological polar surface area (TPSA) is 57.2 Å². The summed E-state index contributed by atoms with van der Waals surface area (Å²) < 4.78 is 28.7. The summed E-state index contributed by atoms with van der Waals surface area (Å²) in [4.78, 5) is 0. The Morgan fingerprint density at radius 3 is 2.04 bits per heavy atom. The molecule has 4 saturated carbocycles. The SMILES string of the molecule is C[C@H]1[C@H]2CC[C@H]3[C@@H]4CC[C@H]5C[C@@H](O[Si](c6ccccc6)(c6ccccc6)C(C)(C)C)CC[C@]5(C)[C@H]4C[C@H](O)[C@]23CO[C@]12OC(C)(C)C[C@H]2OCc1ccccc1. The van der Waals surface area contributed by atoms with Gasteiger partial charge >= 0.3 is 0 Å². The minimum atomic E-state index is -2.63. The molecule has 6 aliphatic rings. The molecule has 6 fully saturated rings. The van der Waals surface area contributed by atoms with Crippen molar-refractivity contribution in [1.82, 2.24) is 0 Å². The van der Waals surface area contributed by atoms with Crippen molar-refractivity contribution < 1.29 is 23.7 Å². The molecule has 2 aliphatic heterocycles. The van der Waals surface area contributed by atoms with Gasteiger partial charge in [-0.1, -0.05) is 126 Å². The zero-order valence-electron chi connectivity index (χ0n) is 35.2. The molecule has 3 aromatic rings. The van der Waals surface area contributed by atoms with Crippen molar-refractivity contribution in [1.29, 1.82) is 0 Å². The van der Waals surface area contributed by atoms with E-state index in [9.17, 15) is 5.11 Å². The molecule has 12 atom stereocenters. The number of benzene rings is 3. The molecule has 0 radical (unpaired) electrons. The van der Waals surface area contributed by atoms with Gasteiger partial charge < -0.3 is 23.7 Å². The third-order valence-electron chi connectivity index (χ3n) is 16.9. The van der Waals surface area contributed by atoms with Gasteiger partial charge in [-0.15, -0.1) is 0 Å². The summed E-state index contributed by atoms with van der Waals surface area (Å²) in [7, 11) is -2.63. The van der Waals surface area contributed by atoms with Crippen LogP contribution in [0.2, 0.25) is 5.04 Å². The minimum Gasteiger partial charge on any atom is -0.404 e. The van der Waals surface area contributed by atoms with E-state index < -0.39 is 14.1 Å². The highest BCUT2D eigenvalue weighted by Gasteiger charge is 2.72. The van der Waals surface area contributed by atoms with E-state index in [1.807, 2.05) is 0 Å². The second-order valence-electron chi connectivity index (χ2n) is 21.0. The number of aliphatic hydroxyl groups is 1. The van der Waals surface area contributed by atoms with Crippen molar-refractivity contribution in [2.24, 2.45) is 46.3 Å². The summed E-state index contributed by atoms with van der Waals surface area (Å²) in [6.45, 7) is 17.7. The maximum absolute atomic E-state index is 12.7. The van der Waals surface area contributed by atoms with Crippen LogP contribution in [0.15, 0.2) is 91.0 Å². The molecular formula is C50H68O5Si. The van der Waals surface area contributed by atoms with E-state index in [4.69, 9.17) is 18.6 Å². The van der Waals surface area contributed by atoms with Gasteiger partial charge in [0.1, 0.15) is 6.10 Å². The van der Waals surface area contributed by atoms with E-state index in [-0.39, 0.29) is 45.7 Å².